The molecule has 29 heavy (non-hydrogen) atoms. The molecular formula is C19H24N2O6S2. The van der Waals surface area contributed by atoms with Crippen LogP contribution in [0.4, 0.5) is 5.69 Å². The van der Waals surface area contributed by atoms with Crippen LogP contribution in [0, 0.1) is 0 Å². The molecule has 0 saturated heterocycles. The molecule has 0 spiro atoms. The van der Waals surface area contributed by atoms with Crippen LogP contribution in [-0.2, 0) is 19.9 Å². The van der Waals surface area contributed by atoms with Gasteiger partial charge in [-0.3, -0.25) is 9.52 Å². The Morgan fingerprint density at radius 1 is 1.00 bits per heavy atom. The van der Waals surface area contributed by atoms with E-state index in [2.05, 4.69) is 10.0 Å². The van der Waals surface area contributed by atoms with Crippen molar-refractivity contribution in [2.45, 2.75) is 18.7 Å². The SMILES string of the molecule is CCOc1ccc(S(=O)(=O)Nc2cccc(C(=O)NCCS(=O)(=O)CC)c2)cc1. The predicted molar refractivity (Wildman–Crippen MR) is 112 cm³/mol. The summed E-state index contributed by atoms with van der Waals surface area (Å²) in [5, 5.41) is 2.52. The Hall–Kier alpha value is -2.59. The third kappa shape index (κ3) is 6.75. The molecule has 10 heteroatoms. The molecule has 2 rings (SSSR count). The van der Waals surface area contributed by atoms with E-state index in [0.29, 0.717) is 12.4 Å². The van der Waals surface area contributed by atoms with Crippen LogP contribution in [0.5, 0.6) is 5.75 Å². The third-order valence-electron chi connectivity index (χ3n) is 3.96. The third-order valence-corrected chi connectivity index (χ3v) is 7.06. The average Bonchev–Trinajstić information content (AvgIpc) is 2.68. The smallest absolute Gasteiger partial charge is 0.261 e. The van der Waals surface area contributed by atoms with Gasteiger partial charge in [0.15, 0.2) is 9.84 Å². The molecule has 2 N–H and O–H groups in total. The predicted octanol–water partition coefficient (Wildman–Crippen LogP) is 2.05. The maximum absolute atomic E-state index is 12.5. The summed E-state index contributed by atoms with van der Waals surface area (Å²) in [5.74, 6) is -0.0704. The summed E-state index contributed by atoms with van der Waals surface area (Å²) >= 11 is 0. The van der Waals surface area contributed by atoms with E-state index in [-0.39, 0.29) is 34.2 Å². The number of hydrogen-bond donors (Lipinski definition) is 2. The summed E-state index contributed by atoms with van der Waals surface area (Å²) in [7, 11) is -7.03. The number of carbonyl (C=O) groups is 1. The number of carbonyl (C=O) groups excluding carboxylic acids is 1. The molecule has 0 bridgehead atoms. The van der Waals surface area contributed by atoms with Crippen molar-refractivity contribution in [2.24, 2.45) is 0 Å². The van der Waals surface area contributed by atoms with Gasteiger partial charge < -0.3 is 10.1 Å². The minimum atomic E-state index is -3.84. The number of sulfone groups is 1. The number of ether oxygens (including phenoxy) is 1. The minimum absolute atomic E-state index is 0.00564. The molecule has 0 radical (unpaired) electrons. The first-order valence-electron chi connectivity index (χ1n) is 9.01. The number of sulfonamides is 1. The molecule has 0 fully saturated rings. The standard InChI is InChI=1S/C19H24N2O6S2/c1-3-27-17-8-10-18(11-9-17)29(25,26)21-16-7-5-6-15(14-16)19(22)20-12-13-28(23,24)4-2/h5-11,14,21H,3-4,12-13H2,1-2H3,(H,20,22). The lowest BCUT2D eigenvalue weighted by molar-refractivity contribution is 0.0956. The van der Waals surface area contributed by atoms with Crippen molar-refractivity contribution in [1.82, 2.24) is 5.32 Å². The fraction of sp³-hybridized carbons (Fsp3) is 0.316. The van der Waals surface area contributed by atoms with Gasteiger partial charge >= 0.3 is 0 Å². The van der Waals surface area contributed by atoms with Crippen molar-refractivity contribution in [3.05, 3.63) is 54.1 Å². The molecule has 0 unspecified atom stereocenters. The lowest BCUT2D eigenvalue weighted by Gasteiger charge is -2.11. The Labute approximate surface area is 171 Å². The average molecular weight is 441 g/mol. The van der Waals surface area contributed by atoms with E-state index in [1.807, 2.05) is 6.92 Å². The Morgan fingerprint density at radius 2 is 1.69 bits per heavy atom. The summed E-state index contributed by atoms with van der Waals surface area (Å²) in [4.78, 5) is 12.3. The zero-order valence-corrected chi connectivity index (χ0v) is 17.8. The van der Waals surface area contributed by atoms with Gasteiger partial charge in [0, 0.05) is 23.5 Å². The number of benzene rings is 2. The first-order chi connectivity index (χ1) is 13.7. The maximum Gasteiger partial charge on any atom is 0.261 e. The molecule has 2 aromatic carbocycles. The second kappa shape index (κ2) is 9.75. The van der Waals surface area contributed by atoms with Crippen molar-refractivity contribution in [3.8, 4) is 5.75 Å². The Morgan fingerprint density at radius 3 is 2.31 bits per heavy atom. The summed E-state index contributed by atoms with van der Waals surface area (Å²) in [5.41, 5.74) is 0.429. The second-order valence-electron chi connectivity index (χ2n) is 6.08. The number of hydrogen-bond acceptors (Lipinski definition) is 6. The Balaban J connectivity index is 2.07. The second-order valence-corrected chi connectivity index (χ2v) is 10.2. The van der Waals surface area contributed by atoms with Gasteiger partial charge in [-0.2, -0.15) is 0 Å². The highest BCUT2D eigenvalue weighted by atomic mass is 32.2. The highest BCUT2D eigenvalue weighted by molar-refractivity contribution is 7.92. The van der Waals surface area contributed by atoms with Crippen LogP contribution in [0.3, 0.4) is 0 Å². The molecule has 0 heterocycles. The molecular weight excluding hydrogens is 416 g/mol. The van der Waals surface area contributed by atoms with Crippen molar-refractivity contribution < 1.29 is 26.4 Å². The summed E-state index contributed by atoms with van der Waals surface area (Å²) in [6, 6.07) is 11.9. The van der Waals surface area contributed by atoms with E-state index < -0.39 is 25.8 Å². The van der Waals surface area contributed by atoms with E-state index >= 15 is 0 Å². The topological polar surface area (TPSA) is 119 Å². The molecule has 0 aliphatic carbocycles. The van der Waals surface area contributed by atoms with E-state index in [9.17, 15) is 21.6 Å². The van der Waals surface area contributed by atoms with E-state index in [4.69, 9.17) is 4.74 Å². The molecule has 158 valence electrons. The normalized spacial score (nSPS) is 11.7. The summed E-state index contributed by atoms with van der Waals surface area (Å²) < 4.78 is 55.8. The monoisotopic (exact) mass is 440 g/mol. The van der Waals surface area contributed by atoms with Gasteiger partial charge in [0.05, 0.1) is 17.3 Å². The van der Waals surface area contributed by atoms with Gasteiger partial charge in [0.1, 0.15) is 5.75 Å². The van der Waals surface area contributed by atoms with E-state index in [1.165, 1.54) is 43.3 Å². The fourth-order valence-corrected chi connectivity index (χ4v) is 4.14. The Kier molecular flexibility index (Phi) is 7.63. The zero-order chi connectivity index (χ0) is 21.5. The first kappa shape index (κ1) is 22.7. The lowest BCUT2D eigenvalue weighted by atomic mass is 10.2. The van der Waals surface area contributed by atoms with Crippen LogP contribution in [0.2, 0.25) is 0 Å². The first-order valence-corrected chi connectivity index (χ1v) is 12.3. The molecule has 2 aromatic rings. The van der Waals surface area contributed by atoms with E-state index in [0.717, 1.165) is 0 Å². The van der Waals surface area contributed by atoms with Gasteiger partial charge in [-0.05, 0) is 49.4 Å². The number of nitrogens with one attached hydrogen (secondary N) is 2. The Bertz CT molecular complexity index is 1050. The van der Waals surface area contributed by atoms with Gasteiger partial charge in [-0.1, -0.05) is 13.0 Å². The zero-order valence-electron chi connectivity index (χ0n) is 16.2. The molecule has 0 saturated carbocycles. The molecule has 1 amide bonds. The quantitative estimate of drug-likeness (QED) is 0.584. The number of rotatable bonds is 10. The van der Waals surface area contributed by atoms with Crippen molar-refractivity contribution in [1.29, 1.82) is 0 Å². The van der Waals surface area contributed by atoms with Gasteiger partial charge in [-0.15, -0.1) is 0 Å². The van der Waals surface area contributed by atoms with Crippen molar-refractivity contribution >= 4 is 31.5 Å². The minimum Gasteiger partial charge on any atom is -0.494 e. The summed E-state index contributed by atoms with van der Waals surface area (Å²) in [6.45, 7) is 3.83. The molecule has 8 nitrogen and oxygen atoms in total. The molecule has 0 aromatic heterocycles. The summed E-state index contributed by atoms with van der Waals surface area (Å²) in [6.07, 6.45) is 0. The largest absolute Gasteiger partial charge is 0.494 e. The van der Waals surface area contributed by atoms with Crippen molar-refractivity contribution in [3.63, 3.8) is 0 Å². The van der Waals surface area contributed by atoms with Crippen molar-refractivity contribution in [2.75, 3.05) is 29.4 Å². The highest BCUT2D eigenvalue weighted by Crippen LogP contribution is 2.20. The van der Waals surface area contributed by atoms with Gasteiger partial charge in [-0.25, -0.2) is 16.8 Å². The highest BCUT2D eigenvalue weighted by Gasteiger charge is 2.16. The lowest BCUT2D eigenvalue weighted by Crippen LogP contribution is -2.29. The molecule has 0 aliphatic heterocycles. The van der Waals surface area contributed by atoms with Crippen LogP contribution in [0.1, 0.15) is 24.2 Å². The number of anilines is 1. The maximum atomic E-state index is 12.5. The van der Waals surface area contributed by atoms with Gasteiger partial charge in [0.25, 0.3) is 15.9 Å². The van der Waals surface area contributed by atoms with Gasteiger partial charge in [0.2, 0.25) is 0 Å². The van der Waals surface area contributed by atoms with Crippen LogP contribution in [-0.4, -0.2) is 47.4 Å². The fourth-order valence-electron chi connectivity index (χ4n) is 2.39. The van der Waals surface area contributed by atoms with Crippen LogP contribution >= 0.6 is 0 Å². The van der Waals surface area contributed by atoms with Crippen LogP contribution in [0.25, 0.3) is 0 Å². The molecule has 0 aliphatic rings. The molecule has 0 atom stereocenters. The van der Waals surface area contributed by atoms with E-state index in [1.54, 1.807) is 12.1 Å². The number of amides is 1. The van der Waals surface area contributed by atoms with Crippen LogP contribution in [0.15, 0.2) is 53.4 Å². The van der Waals surface area contributed by atoms with Crippen LogP contribution < -0.4 is 14.8 Å².